The molecule has 4 bridgehead atoms. The van der Waals surface area contributed by atoms with Gasteiger partial charge >= 0.3 is 0 Å². The van der Waals surface area contributed by atoms with Crippen LogP contribution in [0.4, 0.5) is 0 Å². The molecule has 1 N–H and O–H groups in total. The van der Waals surface area contributed by atoms with E-state index in [9.17, 15) is 9.90 Å². The SMILES string of the molecule is O=C(CC12CC3CC(CC(C3)C1)C2)N1CCOCC1CO. The maximum absolute atomic E-state index is 12.8. The van der Waals surface area contributed by atoms with Gasteiger partial charge in [-0.15, -0.1) is 0 Å². The van der Waals surface area contributed by atoms with Crippen molar-refractivity contribution in [1.29, 1.82) is 0 Å². The molecule has 0 radical (unpaired) electrons. The van der Waals surface area contributed by atoms with Crippen LogP contribution < -0.4 is 0 Å². The lowest BCUT2D eigenvalue weighted by atomic mass is 9.49. The highest BCUT2D eigenvalue weighted by Gasteiger charge is 2.52. The Morgan fingerprint density at radius 2 is 1.76 bits per heavy atom. The predicted octanol–water partition coefficient (Wildman–Crippen LogP) is 1.81. The fraction of sp³-hybridized carbons (Fsp3) is 0.941. The van der Waals surface area contributed by atoms with Crippen LogP contribution >= 0.6 is 0 Å². The van der Waals surface area contributed by atoms with E-state index in [0.29, 0.717) is 31.6 Å². The molecule has 118 valence electrons. The van der Waals surface area contributed by atoms with Crippen molar-refractivity contribution in [2.24, 2.45) is 23.2 Å². The van der Waals surface area contributed by atoms with Crippen LogP contribution in [0.25, 0.3) is 0 Å². The quantitative estimate of drug-likeness (QED) is 0.863. The zero-order valence-electron chi connectivity index (χ0n) is 12.8. The van der Waals surface area contributed by atoms with Crippen LogP contribution in [0.3, 0.4) is 0 Å². The molecule has 4 heteroatoms. The number of amides is 1. The van der Waals surface area contributed by atoms with E-state index in [2.05, 4.69) is 0 Å². The lowest BCUT2D eigenvalue weighted by Crippen LogP contribution is -2.53. The molecular weight excluding hydrogens is 266 g/mol. The largest absolute Gasteiger partial charge is 0.394 e. The minimum absolute atomic E-state index is 0.0205. The van der Waals surface area contributed by atoms with Crippen molar-refractivity contribution in [2.75, 3.05) is 26.4 Å². The fourth-order valence-corrected chi connectivity index (χ4v) is 6.06. The monoisotopic (exact) mass is 293 g/mol. The number of aliphatic hydroxyl groups excluding tert-OH is 1. The topological polar surface area (TPSA) is 49.8 Å². The van der Waals surface area contributed by atoms with E-state index in [4.69, 9.17) is 4.74 Å². The summed E-state index contributed by atoms with van der Waals surface area (Å²) in [6, 6.07) is -0.125. The summed E-state index contributed by atoms with van der Waals surface area (Å²) in [5.74, 6) is 2.94. The van der Waals surface area contributed by atoms with Gasteiger partial charge in [-0.3, -0.25) is 4.79 Å². The molecule has 1 amide bonds. The molecule has 4 nitrogen and oxygen atoms in total. The van der Waals surface area contributed by atoms with Gasteiger partial charge in [0.05, 0.1) is 25.9 Å². The smallest absolute Gasteiger partial charge is 0.223 e. The highest BCUT2D eigenvalue weighted by molar-refractivity contribution is 5.77. The zero-order chi connectivity index (χ0) is 14.4. The number of rotatable bonds is 3. The summed E-state index contributed by atoms with van der Waals surface area (Å²) >= 11 is 0. The lowest BCUT2D eigenvalue weighted by molar-refractivity contribution is -0.149. The first kappa shape index (κ1) is 14.0. The summed E-state index contributed by atoms with van der Waals surface area (Å²) in [5.41, 5.74) is 0.296. The van der Waals surface area contributed by atoms with Gasteiger partial charge in [-0.25, -0.2) is 0 Å². The third-order valence-corrected chi connectivity index (χ3v) is 6.45. The number of hydrogen-bond acceptors (Lipinski definition) is 3. The Balaban J connectivity index is 1.46. The number of morpholine rings is 1. The predicted molar refractivity (Wildman–Crippen MR) is 78.6 cm³/mol. The average molecular weight is 293 g/mol. The van der Waals surface area contributed by atoms with Crippen LogP contribution in [-0.4, -0.2) is 48.3 Å². The molecule has 4 aliphatic carbocycles. The van der Waals surface area contributed by atoms with Crippen LogP contribution in [0.2, 0.25) is 0 Å². The third-order valence-electron chi connectivity index (χ3n) is 6.45. The van der Waals surface area contributed by atoms with E-state index in [-0.39, 0.29) is 18.6 Å². The maximum atomic E-state index is 12.8. The molecule has 0 aromatic carbocycles. The van der Waals surface area contributed by atoms with Gasteiger partial charge in [0, 0.05) is 13.0 Å². The van der Waals surface area contributed by atoms with Crippen LogP contribution in [0.5, 0.6) is 0 Å². The molecule has 1 saturated heterocycles. The Labute approximate surface area is 126 Å². The van der Waals surface area contributed by atoms with Crippen LogP contribution in [0.15, 0.2) is 0 Å². The van der Waals surface area contributed by atoms with Crippen molar-refractivity contribution >= 4 is 5.91 Å². The number of carbonyl (C=O) groups is 1. The first-order valence-electron chi connectivity index (χ1n) is 8.65. The summed E-state index contributed by atoms with van der Waals surface area (Å²) in [6.07, 6.45) is 8.81. The van der Waals surface area contributed by atoms with E-state index in [1.807, 2.05) is 4.90 Å². The second-order valence-corrected chi connectivity index (χ2v) is 8.09. The van der Waals surface area contributed by atoms with Gasteiger partial charge in [-0.2, -0.15) is 0 Å². The van der Waals surface area contributed by atoms with Crippen molar-refractivity contribution in [1.82, 2.24) is 4.90 Å². The molecule has 0 spiro atoms. The van der Waals surface area contributed by atoms with E-state index < -0.39 is 0 Å². The van der Waals surface area contributed by atoms with Crippen molar-refractivity contribution < 1.29 is 14.6 Å². The molecule has 0 aromatic rings. The zero-order valence-corrected chi connectivity index (χ0v) is 12.8. The van der Waals surface area contributed by atoms with Crippen molar-refractivity contribution in [3.63, 3.8) is 0 Å². The van der Waals surface area contributed by atoms with Gasteiger partial charge in [0.1, 0.15) is 0 Å². The van der Waals surface area contributed by atoms with Crippen molar-refractivity contribution in [3.05, 3.63) is 0 Å². The lowest BCUT2D eigenvalue weighted by Gasteiger charge is -2.57. The van der Waals surface area contributed by atoms with E-state index in [1.165, 1.54) is 38.5 Å². The van der Waals surface area contributed by atoms with Crippen molar-refractivity contribution in [3.8, 4) is 0 Å². The molecule has 4 saturated carbocycles. The molecule has 1 aliphatic heterocycles. The molecule has 5 fully saturated rings. The number of aliphatic hydroxyl groups is 1. The van der Waals surface area contributed by atoms with E-state index >= 15 is 0 Å². The number of ether oxygens (including phenoxy) is 1. The normalized spacial score (nSPS) is 45.1. The molecule has 5 aliphatic rings. The summed E-state index contributed by atoms with van der Waals surface area (Å²) < 4.78 is 5.39. The second kappa shape index (κ2) is 5.24. The van der Waals surface area contributed by atoms with Gasteiger partial charge < -0.3 is 14.7 Å². The highest BCUT2D eigenvalue weighted by atomic mass is 16.5. The summed E-state index contributed by atoms with van der Waals surface area (Å²) in [6.45, 7) is 1.77. The Bertz CT molecular complexity index is 387. The maximum Gasteiger partial charge on any atom is 0.223 e. The molecule has 0 aromatic heterocycles. The summed E-state index contributed by atoms with van der Waals surface area (Å²) in [5, 5.41) is 9.47. The van der Waals surface area contributed by atoms with E-state index in [1.54, 1.807) is 0 Å². The highest BCUT2D eigenvalue weighted by Crippen LogP contribution is 2.61. The minimum atomic E-state index is -0.125. The Morgan fingerprint density at radius 3 is 2.33 bits per heavy atom. The Hall–Kier alpha value is -0.610. The first-order chi connectivity index (χ1) is 10.2. The van der Waals surface area contributed by atoms with Gasteiger partial charge in [0.25, 0.3) is 0 Å². The number of carbonyl (C=O) groups excluding carboxylic acids is 1. The van der Waals surface area contributed by atoms with E-state index in [0.717, 1.165) is 17.8 Å². The summed E-state index contributed by atoms with van der Waals surface area (Å²) in [7, 11) is 0. The van der Waals surface area contributed by atoms with Crippen LogP contribution in [0.1, 0.15) is 44.9 Å². The molecule has 1 atom stereocenters. The van der Waals surface area contributed by atoms with Gasteiger partial charge in [0.2, 0.25) is 5.91 Å². The fourth-order valence-electron chi connectivity index (χ4n) is 6.06. The number of nitrogens with zero attached hydrogens (tertiary/aromatic N) is 1. The Morgan fingerprint density at radius 1 is 1.14 bits per heavy atom. The van der Waals surface area contributed by atoms with Crippen LogP contribution in [-0.2, 0) is 9.53 Å². The summed E-state index contributed by atoms with van der Waals surface area (Å²) in [4.78, 5) is 14.7. The van der Waals surface area contributed by atoms with Gasteiger partial charge in [0.15, 0.2) is 0 Å². The molecule has 1 heterocycles. The molecule has 5 rings (SSSR count). The second-order valence-electron chi connectivity index (χ2n) is 8.09. The van der Waals surface area contributed by atoms with Crippen molar-refractivity contribution in [2.45, 2.75) is 51.0 Å². The van der Waals surface area contributed by atoms with Crippen LogP contribution in [0, 0.1) is 23.2 Å². The molecule has 21 heavy (non-hydrogen) atoms. The van der Waals surface area contributed by atoms with Gasteiger partial charge in [-0.1, -0.05) is 0 Å². The first-order valence-corrected chi connectivity index (χ1v) is 8.65. The van der Waals surface area contributed by atoms with Gasteiger partial charge in [-0.05, 0) is 61.7 Å². The molecular formula is C17H27NO3. The standard InChI is InChI=1S/C17H27NO3/c19-10-15-11-21-2-1-18(15)16(20)9-17-6-12-3-13(7-17)5-14(4-12)8-17/h12-15,19H,1-11H2. The molecule has 1 unspecified atom stereocenters. The minimum Gasteiger partial charge on any atom is -0.394 e. The third kappa shape index (κ3) is 2.50. The Kier molecular flexibility index (Phi) is 3.49. The number of hydrogen-bond donors (Lipinski definition) is 1. The average Bonchev–Trinajstić information content (AvgIpc) is 2.45.